The summed E-state index contributed by atoms with van der Waals surface area (Å²) in [5, 5.41) is 2.98. The summed E-state index contributed by atoms with van der Waals surface area (Å²) >= 11 is 0. The fraction of sp³-hybridized carbons (Fsp3) is 0.381. The lowest BCUT2D eigenvalue weighted by Crippen LogP contribution is -2.33. The second-order valence-electron chi connectivity index (χ2n) is 6.65. The van der Waals surface area contributed by atoms with Gasteiger partial charge in [-0.2, -0.15) is 0 Å². The Balaban J connectivity index is 1.72. The minimum absolute atomic E-state index is 0.00242. The van der Waals surface area contributed by atoms with Gasteiger partial charge in [-0.25, -0.2) is 0 Å². The minimum atomic E-state index is 0.00242. The first kappa shape index (κ1) is 18.3. The second kappa shape index (κ2) is 8.23. The zero-order valence-electron chi connectivity index (χ0n) is 15.6. The summed E-state index contributed by atoms with van der Waals surface area (Å²) in [5.41, 5.74) is 3.08. The van der Waals surface area contributed by atoms with Gasteiger partial charge in [0.25, 0.3) is 0 Å². The second-order valence-corrected chi connectivity index (χ2v) is 6.65. The number of hydrogen-bond acceptors (Lipinski definition) is 4. The molecular formula is C21H26N2O3. The molecule has 1 fully saturated rings. The number of ether oxygens (including phenoxy) is 2. The van der Waals surface area contributed by atoms with Gasteiger partial charge in [0, 0.05) is 17.3 Å². The Bertz CT molecular complexity index is 758. The molecule has 2 aromatic carbocycles. The van der Waals surface area contributed by atoms with E-state index >= 15 is 0 Å². The van der Waals surface area contributed by atoms with Crippen molar-refractivity contribution in [1.82, 2.24) is 4.90 Å². The molecule has 0 aromatic heterocycles. The van der Waals surface area contributed by atoms with Crippen molar-refractivity contribution >= 4 is 11.6 Å². The number of carbonyl (C=O) groups excluding carboxylic acids is 1. The molecule has 0 spiro atoms. The standard InChI is InChI=1S/C21H26N2O3/c1-15-6-8-16(9-7-15)22-21(24)14-23-12-4-5-19(23)18-13-17(25-2)10-11-20(18)26-3/h6-11,13,19H,4-5,12,14H2,1-3H3,(H,22,24)/t19-/m1/s1. The Hall–Kier alpha value is -2.53. The number of hydrogen-bond donors (Lipinski definition) is 1. The van der Waals surface area contributed by atoms with Crippen LogP contribution < -0.4 is 14.8 Å². The van der Waals surface area contributed by atoms with E-state index in [2.05, 4.69) is 10.2 Å². The molecule has 0 bridgehead atoms. The molecule has 1 aliphatic rings. The van der Waals surface area contributed by atoms with Crippen LogP contribution in [-0.4, -0.2) is 38.1 Å². The summed E-state index contributed by atoms with van der Waals surface area (Å²) in [4.78, 5) is 14.7. The molecule has 5 heteroatoms. The number of methoxy groups -OCH3 is 2. The topological polar surface area (TPSA) is 50.8 Å². The molecule has 0 unspecified atom stereocenters. The molecule has 1 aliphatic heterocycles. The molecule has 1 saturated heterocycles. The smallest absolute Gasteiger partial charge is 0.238 e. The van der Waals surface area contributed by atoms with Crippen LogP contribution in [0.5, 0.6) is 11.5 Å². The molecule has 26 heavy (non-hydrogen) atoms. The average molecular weight is 354 g/mol. The maximum atomic E-state index is 12.5. The predicted molar refractivity (Wildman–Crippen MR) is 103 cm³/mol. The van der Waals surface area contributed by atoms with Crippen LogP contribution in [-0.2, 0) is 4.79 Å². The Labute approximate surface area is 154 Å². The van der Waals surface area contributed by atoms with Gasteiger partial charge >= 0.3 is 0 Å². The average Bonchev–Trinajstić information content (AvgIpc) is 3.10. The van der Waals surface area contributed by atoms with Crippen molar-refractivity contribution in [2.45, 2.75) is 25.8 Å². The van der Waals surface area contributed by atoms with E-state index in [1.54, 1.807) is 14.2 Å². The number of anilines is 1. The first-order valence-corrected chi connectivity index (χ1v) is 8.93. The highest BCUT2D eigenvalue weighted by atomic mass is 16.5. The van der Waals surface area contributed by atoms with Crippen LogP contribution in [0.25, 0.3) is 0 Å². The van der Waals surface area contributed by atoms with E-state index in [0.29, 0.717) is 6.54 Å². The number of rotatable bonds is 6. The Morgan fingerprint density at radius 2 is 1.92 bits per heavy atom. The van der Waals surface area contributed by atoms with E-state index in [-0.39, 0.29) is 11.9 Å². The minimum Gasteiger partial charge on any atom is -0.497 e. The largest absolute Gasteiger partial charge is 0.497 e. The highest BCUT2D eigenvalue weighted by Crippen LogP contribution is 2.38. The molecule has 5 nitrogen and oxygen atoms in total. The Morgan fingerprint density at radius 3 is 2.62 bits per heavy atom. The number of aryl methyl sites for hydroxylation is 1. The summed E-state index contributed by atoms with van der Waals surface area (Å²) in [5.74, 6) is 1.64. The van der Waals surface area contributed by atoms with E-state index < -0.39 is 0 Å². The van der Waals surface area contributed by atoms with Crippen LogP contribution in [0.3, 0.4) is 0 Å². The molecule has 1 amide bonds. The maximum absolute atomic E-state index is 12.5. The van der Waals surface area contributed by atoms with Crippen LogP contribution >= 0.6 is 0 Å². The third-order valence-electron chi connectivity index (χ3n) is 4.84. The van der Waals surface area contributed by atoms with Gasteiger partial charge in [-0.05, 0) is 56.6 Å². The third kappa shape index (κ3) is 4.17. The lowest BCUT2D eigenvalue weighted by atomic mass is 10.0. The van der Waals surface area contributed by atoms with Gasteiger partial charge in [0.2, 0.25) is 5.91 Å². The fourth-order valence-corrected chi connectivity index (χ4v) is 3.49. The number of benzene rings is 2. The summed E-state index contributed by atoms with van der Waals surface area (Å²) in [6.07, 6.45) is 2.06. The molecule has 0 saturated carbocycles. The highest BCUT2D eigenvalue weighted by molar-refractivity contribution is 5.92. The SMILES string of the molecule is COc1ccc(OC)c([C@H]2CCCN2CC(=O)Nc2ccc(C)cc2)c1. The first-order valence-electron chi connectivity index (χ1n) is 8.93. The molecule has 0 radical (unpaired) electrons. The van der Waals surface area contributed by atoms with Crippen LogP contribution in [0.1, 0.15) is 30.0 Å². The fourth-order valence-electron chi connectivity index (χ4n) is 3.49. The molecule has 138 valence electrons. The van der Waals surface area contributed by atoms with Gasteiger partial charge in [-0.15, -0.1) is 0 Å². The predicted octanol–water partition coefficient (Wildman–Crippen LogP) is 3.79. The van der Waals surface area contributed by atoms with Gasteiger partial charge in [-0.1, -0.05) is 17.7 Å². The molecular weight excluding hydrogens is 328 g/mol. The van der Waals surface area contributed by atoms with Crippen molar-refractivity contribution in [2.24, 2.45) is 0 Å². The van der Waals surface area contributed by atoms with Crippen LogP contribution in [0.15, 0.2) is 42.5 Å². The number of nitrogens with one attached hydrogen (secondary N) is 1. The van der Waals surface area contributed by atoms with Crippen LogP contribution in [0, 0.1) is 6.92 Å². The van der Waals surface area contributed by atoms with E-state index in [1.165, 1.54) is 5.56 Å². The highest BCUT2D eigenvalue weighted by Gasteiger charge is 2.30. The first-order chi connectivity index (χ1) is 12.6. The van der Waals surface area contributed by atoms with Crippen molar-refractivity contribution in [2.75, 3.05) is 32.6 Å². The van der Waals surface area contributed by atoms with Gasteiger partial charge in [0.05, 0.1) is 20.8 Å². The normalized spacial score (nSPS) is 17.1. The molecule has 3 rings (SSSR count). The molecule has 2 aromatic rings. The van der Waals surface area contributed by atoms with Gasteiger partial charge in [-0.3, -0.25) is 9.69 Å². The van der Waals surface area contributed by atoms with Gasteiger partial charge in [0.1, 0.15) is 11.5 Å². The van der Waals surface area contributed by atoms with Crippen molar-refractivity contribution < 1.29 is 14.3 Å². The summed E-state index contributed by atoms with van der Waals surface area (Å²) in [6.45, 7) is 3.28. The van der Waals surface area contributed by atoms with Gasteiger partial charge in [0.15, 0.2) is 0 Å². The van der Waals surface area contributed by atoms with Crippen molar-refractivity contribution in [3.63, 3.8) is 0 Å². The Morgan fingerprint density at radius 1 is 1.15 bits per heavy atom. The molecule has 1 atom stereocenters. The number of amides is 1. The quantitative estimate of drug-likeness (QED) is 0.857. The monoisotopic (exact) mass is 354 g/mol. The van der Waals surface area contributed by atoms with Crippen molar-refractivity contribution in [3.05, 3.63) is 53.6 Å². The lowest BCUT2D eigenvalue weighted by molar-refractivity contribution is -0.117. The summed E-state index contributed by atoms with van der Waals surface area (Å²) in [6, 6.07) is 13.8. The summed E-state index contributed by atoms with van der Waals surface area (Å²) < 4.78 is 10.9. The number of carbonyl (C=O) groups is 1. The van der Waals surface area contributed by atoms with E-state index in [4.69, 9.17) is 9.47 Å². The van der Waals surface area contributed by atoms with Crippen molar-refractivity contribution in [3.8, 4) is 11.5 Å². The summed E-state index contributed by atoms with van der Waals surface area (Å²) in [7, 11) is 3.34. The number of nitrogens with zero attached hydrogens (tertiary/aromatic N) is 1. The van der Waals surface area contributed by atoms with Crippen LogP contribution in [0.2, 0.25) is 0 Å². The third-order valence-corrected chi connectivity index (χ3v) is 4.84. The number of likely N-dealkylation sites (tertiary alicyclic amines) is 1. The maximum Gasteiger partial charge on any atom is 0.238 e. The zero-order valence-corrected chi connectivity index (χ0v) is 15.6. The van der Waals surface area contributed by atoms with Crippen molar-refractivity contribution in [1.29, 1.82) is 0 Å². The lowest BCUT2D eigenvalue weighted by Gasteiger charge is -2.26. The molecule has 1 heterocycles. The van der Waals surface area contributed by atoms with Gasteiger partial charge < -0.3 is 14.8 Å². The van der Waals surface area contributed by atoms with E-state index in [0.717, 1.165) is 42.1 Å². The Kier molecular flexibility index (Phi) is 5.78. The van der Waals surface area contributed by atoms with E-state index in [9.17, 15) is 4.79 Å². The molecule has 1 N–H and O–H groups in total. The van der Waals surface area contributed by atoms with E-state index in [1.807, 2.05) is 49.4 Å². The van der Waals surface area contributed by atoms with Crippen LogP contribution in [0.4, 0.5) is 5.69 Å². The molecule has 0 aliphatic carbocycles. The zero-order chi connectivity index (χ0) is 18.5.